The number of hydrogen-bond acceptors (Lipinski definition) is 3. The largest absolute Gasteiger partial charge is 0.493 e. The molecule has 2 aromatic carbocycles. The van der Waals surface area contributed by atoms with Crippen molar-refractivity contribution < 1.29 is 14.6 Å². The van der Waals surface area contributed by atoms with Gasteiger partial charge in [-0.25, -0.2) is 0 Å². The molecule has 0 saturated carbocycles. The summed E-state index contributed by atoms with van der Waals surface area (Å²) in [5, 5.41) is 10.2. The van der Waals surface area contributed by atoms with E-state index in [2.05, 4.69) is 30.3 Å². The first kappa shape index (κ1) is 17.8. The third kappa shape index (κ3) is 3.90. The van der Waals surface area contributed by atoms with Crippen LogP contribution < -0.4 is 4.74 Å². The Balaban J connectivity index is 1.55. The molecule has 4 heteroatoms. The van der Waals surface area contributed by atoms with E-state index in [1.54, 1.807) is 0 Å². The molecule has 1 saturated heterocycles. The number of aliphatic hydroxyl groups excluding tert-OH is 1. The molecular formula is C22H25ClO3. The molecule has 2 heterocycles. The second kappa shape index (κ2) is 7.99. The zero-order chi connectivity index (χ0) is 17.9. The van der Waals surface area contributed by atoms with Crippen molar-refractivity contribution in [3.8, 4) is 5.75 Å². The van der Waals surface area contributed by atoms with E-state index in [-0.39, 0.29) is 18.8 Å². The van der Waals surface area contributed by atoms with Crippen molar-refractivity contribution in [1.82, 2.24) is 0 Å². The first-order valence-electron chi connectivity index (χ1n) is 9.52. The summed E-state index contributed by atoms with van der Waals surface area (Å²) in [4.78, 5) is 0. The van der Waals surface area contributed by atoms with E-state index >= 15 is 0 Å². The van der Waals surface area contributed by atoms with E-state index in [1.165, 1.54) is 11.1 Å². The summed E-state index contributed by atoms with van der Waals surface area (Å²) in [7, 11) is 0. The van der Waals surface area contributed by atoms with E-state index in [9.17, 15) is 5.11 Å². The molecule has 0 radical (unpaired) electrons. The molecule has 3 nitrogen and oxygen atoms in total. The van der Waals surface area contributed by atoms with Gasteiger partial charge in [0.15, 0.2) is 0 Å². The van der Waals surface area contributed by atoms with E-state index in [0.717, 1.165) is 67.0 Å². The zero-order valence-electron chi connectivity index (χ0n) is 14.9. The smallest absolute Gasteiger partial charge is 0.122 e. The van der Waals surface area contributed by atoms with Gasteiger partial charge in [0.1, 0.15) is 5.75 Å². The van der Waals surface area contributed by atoms with Crippen LogP contribution in [0.5, 0.6) is 5.75 Å². The van der Waals surface area contributed by atoms with E-state index in [4.69, 9.17) is 21.1 Å². The number of aryl methyl sites for hydroxylation is 1. The number of ether oxygens (including phenoxy) is 2. The van der Waals surface area contributed by atoms with Crippen molar-refractivity contribution >= 4 is 11.6 Å². The molecule has 0 spiro atoms. The number of hydrogen-bond donors (Lipinski definition) is 1. The third-order valence-corrected chi connectivity index (χ3v) is 5.73. The highest BCUT2D eigenvalue weighted by atomic mass is 35.5. The van der Waals surface area contributed by atoms with Gasteiger partial charge in [-0.1, -0.05) is 35.9 Å². The van der Waals surface area contributed by atoms with Crippen LogP contribution in [0.2, 0.25) is 5.02 Å². The number of rotatable bonds is 4. The van der Waals surface area contributed by atoms with E-state index in [1.807, 2.05) is 6.07 Å². The van der Waals surface area contributed by atoms with Crippen LogP contribution >= 0.6 is 11.6 Å². The maximum absolute atomic E-state index is 9.39. The molecule has 2 aliphatic rings. The Labute approximate surface area is 159 Å². The Hall–Kier alpha value is -1.55. The normalized spacial score (nSPS) is 22.5. The summed E-state index contributed by atoms with van der Waals surface area (Å²) >= 11 is 6.48. The summed E-state index contributed by atoms with van der Waals surface area (Å²) in [6.45, 7) is 0.907. The van der Waals surface area contributed by atoms with Crippen molar-refractivity contribution in [3.05, 3.63) is 63.7 Å². The second-order valence-electron chi connectivity index (χ2n) is 7.28. The summed E-state index contributed by atoms with van der Waals surface area (Å²) < 4.78 is 11.7. The van der Waals surface area contributed by atoms with Gasteiger partial charge in [0.2, 0.25) is 0 Å². The lowest BCUT2D eigenvalue weighted by Crippen LogP contribution is -2.25. The van der Waals surface area contributed by atoms with Gasteiger partial charge in [-0.05, 0) is 72.9 Å². The fraction of sp³-hybridized carbons (Fsp3) is 0.455. The maximum Gasteiger partial charge on any atom is 0.122 e. The van der Waals surface area contributed by atoms with Crippen LogP contribution in [0.1, 0.15) is 54.0 Å². The predicted octanol–water partition coefficient (Wildman–Crippen LogP) is 4.86. The van der Waals surface area contributed by atoms with Crippen molar-refractivity contribution in [2.45, 2.75) is 50.7 Å². The summed E-state index contributed by atoms with van der Waals surface area (Å²) in [5.74, 6) is 1.02. The summed E-state index contributed by atoms with van der Waals surface area (Å²) in [6, 6.07) is 12.7. The van der Waals surface area contributed by atoms with Gasteiger partial charge in [0, 0.05) is 5.02 Å². The third-order valence-electron chi connectivity index (χ3n) is 5.36. The van der Waals surface area contributed by atoms with Crippen LogP contribution in [0.3, 0.4) is 0 Å². The lowest BCUT2D eigenvalue weighted by molar-refractivity contribution is -0.0737. The van der Waals surface area contributed by atoms with Crippen LogP contribution in [0.25, 0.3) is 0 Å². The first-order chi connectivity index (χ1) is 12.7. The molecule has 138 valence electrons. The molecule has 2 aromatic rings. The molecule has 0 amide bonds. The van der Waals surface area contributed by atoms with Crippen LogP contribution in [-0.4, -0.2) is 24.4 Å². The van der Waals surface area contributed by atoms with Gasteiger partial charge >= 0.3 is 0 Å². The lowest BCUT2D eigenvalue weighted by atomic mass is 9.94. The predicted molar refractivity (Wildman–Crippen MR) is 103 cm³/mol. The molecule has 1 fully saturated rings. The topological polar surface area (TPSA) is 38.7 Å². The Bertz CT molecular complexity index is 774. The minimum atomic E-state index is -0.0477. The number of halogens is 1. The van der Waals surface area contributed by atoms with Crippen molar-refractivity contribution in [1.29, 1.82) is 0 Å². The minimum absolute atomic E-state index is 0.0477. The van der Waals surface area contributed by atoms with Gasteiger partial charge in [-0.3, -0.25) is 0 Å². The van der Waals surface area contributed by atoms with Gasteiger partial charge in [-0.15, -0.1) is 0 Å². The monoisotopic (exact) mass is 372 g/mol. The average molecular weight is 373 g/mol. The average Bonchev–Trinajstić information content (AvgIpc) is 2.69. The molecule has 0 unspecified atom stereocenters. The minimum Gasteiger partial charge on any atom is -0.493 e. The molecule has 2 aliphatic heterocycles. The van der Waals surface area contributed by atoms with E-state index in [0.29, 0.717) is 0 Å². The number of benzene rings is 2. The van der Waals surface area contributed by atoms with Crippen LogP contribution in [0, 0.1) is 0 Å². The summed E-state index contributed by atoms with van der Waals surface area (Å²) in [6.07, 6.45) is 5.97. The molecular weight excluding hydrogens is 348 g/mol. The lowest BCUT2D eigenvalue weighted by Gasteiger charge is -2.29. The fourth-order valence-corrected chi connectivity index (χ4v) is 4.14. The molecule has 26 heavy (non-hydrogen) atoms. The highest BCUT2D eigenvalue weighted by Crippen LogP contribution is 2.34. The number of aliphatic hydroxyl groups is 1. The van der Waals surface area contributed by atoms with Crippen LogP contribution in [-0.2, 0) is 17.6 Å². The second-order valence-corrected chi connectivity index (χ2v) is 7.69. The standard InChI is InChI=1S/C22H25ClO3/c23-20-8-7-17(22-5-1-4-19(14-24)26-22)13-18(20)12-15-6-9-21-16(11-15)3-2-10-25-21/h6-9,11,13,19,22,24H,1-5,10,12,14H2/t19-,22+/m1/s1. The van der Waals surface area contributed by atoms with Crippen LogP contribution in [0.4, 0.5) is 0 Å². The van der Waals surface area contributed by atoms with Crippen molar-refractivity contribution in [3.63, 3.8) is 0 Å². The van der Waals surface area contributed by atoms with Gasteiger partial charge < -0.3 is 14.6 Å². The Kier molecular flexibility index (Phi) is 5.49. The van der Waals surface area contributed by atoms with Crippen LogP contribution in [0.15, 0.2) is 36.4 Å². The van der Waals surface area contributed by atoms with Gasteiger partial charge in [0.25, 0.3) is 0 Å². The number of fused-ring (bicyclic) bond motifs is 1. The molecule has 4 rings (SSSR count). The Morgan fingerprint density at radius 1 is 1.08 bits per heavy atom. The fourth-order valence-electron chi connectivity index (χ4n) is 3.95. The van der Waals surface area contributed by atoms with Crippen molar-refractivity contribution in [2.75, 3.05) is 13.2 Å². The summed E-state index contributed by atoms with van der Waals surface area (Å²) in [5.41, 5.74) is 4.83. The molecule has 0 aromatic heterocycles. The van der Waals surface area contributed by atoms with Crippen molar-refractivity contribution in [2.24, 2.45) is 0 Å². The molecule has 2 atom stereocenters. The molecule has 0 bridgehead atoms. The highest BCUT2D eigenvalue weighted by molar-refractivity contribution is 6.31. The maximum atomic E-state index is 9.39. The molecule has 0 aliphatic carbocycles. The molecule has 1 N–H and O–H groups in total. The quantitative estimate of drug-likeness (QED) is 0.833. The van der Waals surface area contributed by atoms with E-state index < -0.39 is 0 Å². The Morgan fingerprint density at radius 2 is 2.00 bits per heavy atom. The van der Waals surface area contributed by atoms with Gasteiger partial charge in [0.05, 0.1) is 25.4 Å². The van der Waals surface area contributed by atoms with Gasteiger partial charge in [-0.2, -0.15) is 0 Å². The Morgan fingerprint density at radius 3 is 2.88 bits per heavy atom. The highest BCUT2D eigenvalue weighted by Gasteiger charge is 2.23. The first-order valence-corrected chi connectivity index (χ1v) is 9.90. The zero-order valence-corrected chi connectivity index (χ0v) is 15.7. The SMILES string of the molecule is OC[C@H]1CCC[C@@H](c2ccc(Cl)c(Cc3ccc4c(c3)CCCO4)c2)O1.